The Balaban J connectivity index is 2.21. The van der Waals surface area contributed by atoms with Crippen molar-refractivity contribution in [2.75, 3.05) is 0 Å². The lowest BCUT2D eigenvalue weighted by Gasteiger charge is -2.15. The molecule has 2 aromatic heterocycles. The molecular weight excluding hydrogens is 376 g/mol. The third-order valence-electron chi connectivity index (χ3n) is 4.37. The topological polar surface area (TPSA) is 87.0 Å². The van der Waals surface area contributed by atoms with Crippen molar-refractivity contribution in [3.05, 3.63) is 41.9 Å². The molecule has 2 heterocycles. The lowest BCUT2D eigenvalue weighted by Crippen LogP contribution is -2.14. The molecule has 0 aliphatic carbocycles. The summed E-state index contributed by atoms with van der Waals surface area (Å²) in [5.74, 6) is 1.11. The number of rotatable bonds is 6. The minimum atomic E-state index is -4.02. The van der Waals surface area contributed by atoms with Gasteiger partial charge in [-0.05, 0) is 31.9 Å². The van der Waals surface area contributed by atoms with E-state index in [4.69, 9.17) is 9.17 Å². The summed E-state index contributed by atoms with van der Waals surface area (Å²) >= 11 is 0. The van der Waals surface area contributed by atoms with Crippen LogP contribution in [0.4, 0.5) is 0 Å². The second-order valence-corrected chi connectivity index (χ2v) is 9.20. The zero-order chi connectivity index (χ0) is 20.6. The van der Waals surface area contributed by atoms with Crippen LogP contribution in [-0.4, -0.2) is 27.9 Å². The van der Waals surface area contributed by atoms with Gasteiger partial charge in [0, 0.05) is 12.0 Å². The molecule has 0 saturated heterocycles. The number of benzene rings is 1. The van der Waals surface area contributed by atoms with E-state index in [0.717, 1.165) is 5.82 Å². The molecule has 0 N–H and O–H groups in total. The van der Waals surface area contributed by atoms with Crippen LogP contribution in [0.3, 0.4) is 0 Å². The largest absolute Gasteiger partial charge is 0.341 e. The Labute approximate surface area is 165 Å². The molecule has 0 aliphatic heterocycles. The van der Waals surface area contributed by atoms with E-state index in [1.807, 2.05) is 32.3 Å². The lowest BCUT2D eigenvalue weighted by atomic mass is 10.1. The van der Waals surface area contributed by atoms with Crippen molar-refractivity contribution in [3.8, 4) is 6.01 Å². The van der Waals surface area contributed by atoms with Crippen LogP contribution in [0.1, 0.15) is 70.9 Å². The third-order valence-corrected chi connectivity index (χ3v) is 5.59. The first kappa shape index (κ1) is 20.3. The Hall–Kier alpha value is -2.48. The Kier molecular flexibility index (Phi) is 5.43. The summed E-state index contributed by atoms with van der Waals surface area (Å²) in [6, 6.07) is 7.91. The van der Waals surface area contributed by atoms with Crippen LogP contribution in [-0.2, 0) is 10.1 Å². The van der Waals surface area contributed by atoms with Crippen molar-refractivity contribution in [3.63, 3.8) is 0 Å². The molecule has 0 radical (unpaired) electrons. The smallest absolute Gasteiger partial charge is 0.339 e. The highest BCUT2D eigenvalue weighted by Gasteiger charge is 2.25. The molecule has 28 heavy (non-hydrogen) atoms. The average molecular weight is 403 g/mol. The van der Waals surface area contributed by atoms with Gasteiger partial charge in [0.15, 0.2) is 5.65 Å². The van der Waals surface area contributed by atoms with Gasteiger partial charge in [0.2, 0.25) is 0 Å². The van der Waals surface area contributed by atoms with Crippen molar-refractivity contribution < 1.29 is 12.6 Å². The van der Waals surface area contributed by atoms with Crippen molar-refractivity contribution in [2.45, 2.75) is 64.3 Å². The molecule has 3 rings (SSSR count). The van der Waals surface area contributed by atoms with Gasteiger partial charge in [0.1, 0.15) is 16.2 Å². The van der Waals surface area contributed by atoms with Gasteiger partial charge in [-0.2, -0.15) is 18.4 Å². The van der Waals surface area contributed by atoms with Crippen LogP contribution >= 0.6 is 0 Å². The molecule has 8 heteroatoms. The van der Waals surface area contributed by atoms with Crippen LogP contribution in [0, 0.1) is 0 Å². The maximum absolute atomic E-state index is 12.6. The van der Waals surface area contributed by atoms with E-state index >= 15 is 0 Å². The Morgan fingerprint density at radius 2 is 1.54 bits per heavy atom. The maximum Gasteiger partial charge on any atom is 0.341 e. The van der Waals surface area contributed by atoms with Crippen LogP contribution < -0.4 is 4.18 Å². The van der Waals surface area contributed by atoms with E-state index in [-0.39, 0.29) is 28.8 Å². The predicted molar refractivity (Wildman–Crippen MR) is 108 cm³/mol. The fourth-order valence-corrected chi connectivity index (χ4v) is 3.94. The summed E-state index contributed by atoms with van der Waals surface area (Å²) in [5.41, 5.74) is 1.96. The number of hydrogen-bond acceptors (Lipinski definition) is 6. The summed E-state index contributed by atoms with van der Waals surface area (Å²) in [6.07, 6.45) is 0. The summed E-state index contributed by atoms with van der Waals surface area (Å²) < 4.78 is 32.6. The van der Waals surface area contributed by atoms with Crippen molar-refractivity contribution in [1.29, 1.82) is 0 Å². The summed E-state index contributed by atoms with van der Waals surface area (Å²) in [5, 5.41) is 0. The van der Waals surface area contributed by atoms with Crippen molar-refractivity contribution >= 4 is 21.3 Å². The average Bonchev–Trinajstić information content (AvgIpc) is 3.01. The third kappa shape index (κ3) is 3.73. The first-order valence-corrected chi connectivity index (χ1v) is 10.8. The molecule has 0 atom stereocenters. The standard InChI is InChI=1S/C20H26N4O3S/c1-12(2)16-17-19(24(14(5)6)18(21-17)13(3)4)23-20(22-16)27-28(25,26)15-10-8-7-9-11-15/h7-14H,1-6H3. The molecule has 0 fully saturated rings. The number of imidazole rings is 1. The molecule has 7 nitrogen and oxygen atoms in total. The number of nitrogens with zero attached hydrogens (tertiary/aromatic N) is 4. The highest BCUT2D eigenvalue weighted by molar-refractivity contribution is 7.87. The fourth-order valence-electron chi connectivity index (χ4n) is 3.08. The van der Waals surface area contributed by atoms with Gasteiger partial charge in [0.05, 0.1) is 5.69 Å². The Bertz CT molecular complexity index is 1090. The summed E-state index contributed by atoms with van der Waals surface area (Å²) in [7, 11) is -4.02. The molecule has 1 aromatic carbocycles. The van der Waals surface area contributed by atoms with Gasteiger partial charge in [-0.3, -0.25) is 0 Å². The predicted octanol–water partition coefficient (Wildman–Crippen LogP) is 4.42. The monoisotopic (exact) mass is 402 g/mol. The van der Waals surface area contributed by atoms with E-state index in [1.165, 1.54) is 12.1 Å². The van der Waals surface area contributed by atoms with E-state index in [9.17, 15) is 8.42 Å². The van der Waals surface area contributed by atoms with Gasteiger partial charge < -0.3 is 8.75 Å². The van der Waals surface area contributed by atoms with Crippen LogP contribution in [0.2, 0.25) is 0 Å². The van der Waals surface area contributed by atoms with E-state index in [0.29, 0.717) is 16.9 Å². The van der Waals surface area contributed by atoms with Crippen molar-refractivity contribution in [1.82, 2.24) is 19.5 Å². The second-order valence-electron chi connectivity index (χ2n) is 7.66. The molecule has 0 aliphatic rings. The molecule has 0 bridgehead atoms. The minimum Gasteiger partial charge on any atom is -0.339 e. The van der Waals surface area contributed by atoms with Crippen LogP contribution in [0.5, 0.6) is 6.01 Å². The quantitative estimate of drug-likeness (QED) is 0.567. The summed E-state index contributed by atoms with van der Waals surface area (Å²) in [6.45, 7) is 12.2. The van der Waals surface area contributed by atoms with Gasteiger partial charge >= 0.3 is 16.1 Å². The number of aromatic nitrogens is 4. The van der Waals surface area contributed by atoms with E-state index in [2.05, 4.69) is 23.8 Å². The molecular formula is C20H26N4O3S. The highest BCUT2D eigenvalue weighted by Crippen LogP contribution is 2.31. The van der Waals surface area contributed by atoms with E-state index in [1.54, 1.807) is 18.2 Å². The zero-order valence-electron chi connectivity index (χ0n) is 17.0. The lowest BCUT2D eigenvalue weighted by molar-refractivity contribution is 0.462. The second kappa shape index (κ2) is 7.50. The first-order valence-electron chi connectivity index (χ1n) is 9.41. The number of hydrogen-bond donors (Lipinski definition) is 0. The maximum atomic E-state index is 12.6. The Morgan fingerprint density at radius 1 is 0.893 bits per heavy atom. The highest BCUT2D eigenvalue weighted by atomic mass is 32.2. The number of fused-ring (bicyclic) bond motifs is 1. The minimum absolute atomic E-state index is 0.0304. The molecule has 0 unspecified atom stereocenters. The van der Waals surface area contributed by atoms with Crippen LogP contribution in [0.15, 0.2) is 35.2 Å². The van der Waals surface area contributed by atoms with Gasteiger partial charge in [-0.15, -0.1) is 0 Å². The SMILES string of the molecule is CC(C)c1nc(OS(=O)(=O)c2ccccc2)nc2c1nc(C(C)C)n2C(C)C. The normalized spacial score (nSPS) is 12.5. The molecule has 3 aromatic rings. The molecule has 0 spiro atoms. The molecule has 150 valence electrons. The molecule has 0 amide bonds. The van der Waals surface area contributed by atoms with Gasteiger partial charge in [0.25, 0.3) is 0 Å². The summed E-state index contributed by atoms with van der Waals surface area (Å²) in [4.78, 5) is 13.7. The van der Waals surface area contributed by atoms with E-state index < -0.39 is 10.1 Å². The van der Waals surface area contributed by atoms with Crippen molar-refractivity contribution in [2.24, 2.45) is 0 Å². The fraction of sp³-hybridized carbons (Fsp3) is 0.450. The van der Waals surface area contributed by atoms with Crippen LogP contribution in [0.25, 0.3) is 11.2 Å². The van der Waals surface area contributed by atoms with Gasteiger partial charge in [-0.25, -0.2) is 4.98 Å². The van der Waals surface area contributed by atoms with Gasteiger partial charge in [-0.1, -0.05) is 45.9 Å². The zero-order valence-corrected chi connectivity index (χ0v) is 17.9. The Morgan fingerprint density at radius 3 is 2.07 bits per heavy atom. The molecule has 0 saturated carbocycles. The first-order chi connectivity index (χ1) is 13.1.